The van der Waals surface area contributed by atoms with Gasteiger partial charge in [0.1, 0.15) is 11.6 Å². The van der Waals surface area contributed by atoms with Gasteiger partial charge in [-0.25, -0.2) is 4.39 Å². The van der Waals surface area contributed by atoms with Crippen LogP contribution < -0.4 is 4.74 Å². The number of ether oxygens (including phenoxy) is 1. The van der Waals surface area contributed by atoms with Gasteiger partial charge in [-0.2, -0.15) is 0 Å². The van der Waals surface area contributed by atoms with Crippen LogP contribution in [-0.4, -0.2) is 29.9 Å². The summed E-state index contributed by atoms with van der Waals surface area (Å²) in [6.07, 6.45) is -0.0118. The average Bonchev–Trinajstić information content (AvgIpc) is 2.29. The van der Waals surface area contributed by atoms with Crippen molar-refractivity contribution in [2.75, 3.05) is 13.7 Å². The predicted molar refractivity (Wildman–Crippen MR) is 59.6 cm³/mol. The van der Waals surface area contributed by atoms with Crippen molar-refractivity contribution in [3.63, 3.8) is 0 Å². The minimum absolute atomic E-state index is 0.0118. The molecule has 0 spiro atoms. The predicted octanol–water partition coefficient (Wildman–Crippen LogP) is 1.56. The van der Waals surface area contributed by atoms with E-state index in [1.807, 2.05) is 0 Å². The van der Waals surface area contributed by atoms with Crippen LogP contribution in [0.4, 0.5) is 4.39 Å². The highest BCUT2D eigenvalue weighted by Crippen LogP contribution is 2.35. The van der Waals surface area contributed by atoms with Crippen molar-refractivity contribution in [3.8, 4) is 5.75 Å². The van der Waals surface area contributed by atoms with E-state index in [0.717, 1.165) is 6.07 Å². The highest BCUT2D eigenvalue weighted by molar-refractivity contribution is 5.82. The summed E-state index contributed by atoms with van der Waals surface area (Å²) < 4.78 is 18.2. The lowest BCUT2D eigenvalue weighted by Gasteiger charge is -2.26. The molecule has 0 aromatic heterocycles. The van der Waals surface area contributed by atoms with Crippen LogP contribution in [0.2, 0.25) is 0 Å². The zero-order valence-corrected chi connectivity index (χ0v) is 9.74. The Morgan fingerprint density at radius 3 is 2.65 bits per heavy atom. The summed E-state index contributed by atoms with van der Waals surface area (Å²) >= 11 is 0. The first kappa shape index (κ1) is 13.4. The molecule has 4 nitrogen and oxygen atoms in total. The van der Waals surface area contributed by atoms with Gasteiger partial charge in [0, 0.05) is 12.2 Å². The number of halogens is 1. The SMILES string of the molecule is COc1ccc(F)cc1C(C)(CCO)C(=O)O. The maximum atomic E-state index is 13.2. The zero-order chi connectivity index (χ0) is 13.1. The minimum Gasteiger partial charge on any atom is -0.496 e. The molecule has 0 bridgehead atoms. The fourth-order valence-corrected chi connectivity index (χ4v) is 1.69. The molecule has 0 saturated carbocycles. The molecule has 0 heterocycles. The number of aliphatic hydroxyl groups is 1. The van der Waals surface area contributed by atoms with E-state index in [4.69, 9.17) is 9.84 Å². The van der Waals surface area contributed by atoms with E-state index in [0.29, 0.717) is 5.75 Å². The van der Waals surface area contributed by atoms with Gasteiger partial charge in [-0.3, -0.25) is 4.79 Å². The van der Waals surface area contributed by atoms with Crippen molar-refractivity contribution < 1.29 is 24.1 Å². The van der Waals surface area contributed by atoms with Crippen LogP contribution in [0, 0.1) is 5.82 Å². The molecule has 1 aromatic rings. The zero-order valence-electron chi connectivity index (χ0n) is 9.74. The number of hydrogen-bond acceptors (Lipinski definition) is 3. The van der Waals surface area contributed by atoms with Crippen molar-refractivity contribution in [3.05, 3.63) is 29.6 Å². The van der Waals surface area contributed by atoms with Gasteiger partial charge >= 0.3 is 5.97 Å². The standard InChI is InChI=1S/C12H15FO4/c1-12(5-6-14,11(15)16)9-7-8(13)3-4-10(9)17-2/h3-4,7,14H,5-6H2,1-2H3,(H,15,16). The van der Waals surface area contributed by atoms with Gasteiger partial charge in [0.15, 0.2) is 0 Å². The summed E-state index contributed by atoms with van der Waals surface area (Å²) in [6.45, 7) is 1.13. The maximum absolute atomic E-state index is 13.2. The normalized spacial score (nSPS) is 14.1. The van der Waals surface area contributed by atoms with E-state index in [1.54, 1.807) is 0 Å². The maximum Gasteiger partial charge on any atom is 0.314 e. The topological polar surface area (TPSA) is 66.8 Å². The molecule has 0 aliphatic rings. The second-order valence-corrected chi connectivity index (χ2v) is 3.96. The first-order chi connectivity index (χ1) is 7.95. The summed E-state index contributed by atoms with van der Waals surface area (Å²) in [7, 11) is 1.39. The molecule has 94 valence electrons. The third-order valence-electron chi connectivity index (χ3n) is 2.84. The molecule has 0 radical (unpaired) electrons. The number of aliphatic carboxylic acids is 1. The molecule has 0 amide bonds. The van der Waals surface area contributed by atoms with Gasteiger partial charge in [0.2, 0.25) is 0 Å². The van der Waals surface area contributed by atoms with Gasteiger partial charge in [0.25, 0.3) is 0 Å². The Balaban J connectivity index is 3.36. The molecule has 1 aromatic carbocycles. The van der Waals surface area contributed by atoms with Crippen molar-refractivity contribution in [2.45, 2.75) is 18.8 Å². The summed E-state index contributed by atoms with van der Waals surface area (Å²) in [6, 6.07) is 3.70. The number of hydrogen-bond donors (Lipinski definition) is 2. The van der Waals surface area contributed by atoms with Gasteiger partial charge in [0.05, 0.1) is 12.5 Å². The van der Waals surface area contributed by atoms with Crippen LogP contribution in [0.1, 0.15) is 18.9 Å². The van der Waals surface area contributed by atoms with Crippen LogP contribution in [0.25, 0.3) is 0 Å². The van der Waals surface area contributed by atoms with Crippen LogP contribution in [0.3, 0.4) is 0 Å². The molecule has 0 saturated heterocycles. The number of benzene rings is 1. The third kappa shape index (κ3) is 2.55. The second-order valence-electron chi connectivity index (χ2n) is 3.96. The molecule has 1 rings (SSSR count). The Morgan fingerprint density at radius 1 is 1.53 bits per heavy atom. The molecule has 2 N–H and O–H groups in total. The summed E-state index contributed by atoms with van der Waals surface area (Å²) in [5.74, 6) is -1.37. The monoisotopic (exact) mass is 242 g/mol. The summed E-state index contributed by atoms with van der Waals surface area (Å²) in [5.41, 5.74) is -1.15. The molecule has 0 aliphatic carbocycles. The van der Waals surface area contributed by atoms with Crippen LogP contribution in [0.15, 0.2) is 18.2 Å². The van der Waals surface area contributed by atoms with Gasteiger partial charge in [-0.1, -0.05) is 0 Å². The van der Waals surface area contributed by atoms with Gasteiger partial charge in [-0.05, 0) is 31.5 Å². The van der Waals surface area contributed by atoms with E-state index in [2.05, 4.69) is 0 Å². The lowest BCUT2D eigenvalue weighted by atomic mass is 9.79. The first-order valence-corrected chi connectivity index (χ1v) is 5.14. The Labute approximate surface area is 98.7 Å². The number of carbonyl (C=O) groups is 1. The van der Waals surface area contributed by atoms with Gasteiger partial charge < -0.3 is 14.9 Å². The number of rotatable bonds is 5. The van der Waals surface area contributed by atoms with E-state index < -0.39 is 17.2 Å². The molecule has 0 fully saturated rings. The molecule has 17 heavy (non-hydrogen) atoms. The molecule has 1 atom stereocenters. The van der Waals surface area contributed by atoms with Crippen LogP contribution in [0.5, 0.6) is 5.75 Å². The smallest absolute Gasteiger partial charge is 0.314 e. The third-order valence-corrected chi connectivity index (χ3v) is 2.84. The summed E-state index contributed by atoms with van der Waals surface area (Å²) in [4.78, 5) is 11.3. The van der Waals surface area contributed by atoms with Crippen molar-refractivity contribution in [1.29, 1.82) is 0 Å². The molecule has 1 unspecified atom stereocenters. The number of methoxy groups -OCH3 is 1. The van der Waals surface area contributed by atoms with E-state index in [-0.39, 0.29) is 18.6 Å². The van der Waals surface area contributed by atoms with Gasteiger partial charge in [-0.15, -0.1) is 0 Å². The Morgan fingerprint density at radius 2 is 2.18 bits per heavy atom. The Hall–Kier alpha value is -1.62. The highest BCUT2D eigenvalue weighted by Gasteiger charge is 2.37. The Kier molecular flexibility index (Phi) is 4.07. The van der Waals surface area contributed by atoms with E-state index >= 15 is 0 Å². The highest BCUT2D eigenvalue weighted by atomic mass is 19.1. The molecule has 0 aliphatic heterocycles. The lowest BCUT2D eigenvalue weighted by Crippen LogP contribution is -2.34. The average molecular weight is 242 g/mol. The fourth-order valence-electron chi connectivity index (χ4n) is 1.69. The fraction of sp³-hybridized carbons (Fsp3) is 0.417. The number of carboxylic acid groups (broad SMARTS) is 1. The van der Waals surface area contributed by atoms with Crippen molar-refractivity contribution >= 4 is 5.97 Å². The lowest BCUT2D eigenvalue weighted by molar-refractivity contribution is -0.143. The largest absolute Gasteiger partial charge is 0.496 e. The van der Waals surface area contributed by atoms with E-state index in [9.17, 15) is 14.3 Å². The second kappa shape index (κ2) is 5.14. The van der Waals surface area contributed by atoms with Crippen molar-refractivity contribution in [1.82, 2.24) is 0 Å². The molecule has 5 heteroatoms. The first-order valence-electron chi connectivity index (χ1n) is 5.14. The van der Waals surface area contributed by atoms with Crippen LogP contribution in [-0.2, 0) is 10.2 Å². The van der Waals surface area contributed by atoms with Crippen LogP contribution >= 0.6 is 0 Å². The molecular formula is C12H15FO4. The van der Waals surface area contributed by atoms with Crippen molar-refractivity contribution in [2.24, 2.45) is 0 Å². The summed E-state index contributed by atoms with van der Waals surface area (Å²) in [5, 5.41) is 18.2. The Bertz CT molecular complexity index is 419. The molecular weight excluding hydrogens is 227 g/mol. The number of carboxylic acids is 1. The quantitative estimate of drug-likeness (QED) is 0.822. The van der Waals surface area contributed by atoms with E-state index in [1.165, 1.54) is 26.2 Å². The number of aliphatic hydroxyl groups excluding tert-OH is 1. The minimum atomic E-state index is -1.37.